The Morgan fingerprint density at radius 3 is 1.84 bits per heavy atom. The minimum absolute atomic E-state index is 0.0267. The van der Waals surface area contributed by atoms with Gasteiger partial charge in [0.1, 0.15) is 5.75 Å². The summed E-state index contributed by atoms with van der Waals surface area (Å²) in [6, 6.07) is 15.2. The first kappa shape index (κ1) is 12.7. The SMILES string of the molecule is Oc1ccc(C(c2ccc(Br)cc2)C2(O)CC2)cc1. The number of aromatic hydroxyl groups is 1. The Hall–Kier alpha value is -1.32. The molecule has 1 atom stereocenters. The Bertz CT molecular complexity index is 525. The van der Waals surface area contributed by atoms with Crippen molar-refractivity contribution in [2.75, 3.05) is 0 Å². The first-order chi connectivity index (χ1) is 9.08. The van der Waals surface area contributed by atoms with E-state index in [1.807, 2.05) is 36.4 Å². The summed E-state index contributed by atoms with van der Waals surface area (Å²) in [7, 11) is 0. The van der Waals surface area contributed by atoms with Gasteiger partial charge in [-0.1, -0.05) is 40.2 Å². The van der Waals surface area contributed by atoms with E-state index < -0.39 is 5.60 Å². The molecule has 1 aliphatic rings. The molecule has 1 saturated carbocycles. The van der Waals surface area contributed by atoms with Crippen molar-refractivity contribution in [3.8, 4) is 5.75 Å². The molecule has 0 spiro atoms. The number of phenolic OH excluding ortho intramolecular Hbond substituents is 1. The average Bonchev–Trinajstić information content (AvgIpc) is 3.13. The van der Waals surface area contributed by atoms with Crippen LogP contribution in [0, 0.1) is 0 Å². The lowest BCUT2D eigenvalue weighted by atomic mass is 9.85. The third-order valence-corrected chi connectivity index (χ3v) is 4.26. The van der Waals surface area contributed by atoms with E-state index in [-0.39, 0.29) is 11.7 Å². The van der Waals surface area contributed by atoms with Crippen molar-refractivity contribution < 1.29 is 10.2 Å². The van der Waals surface area contributed by atoms with E-state index in [2.05, 4.69) is 15.9 Å². The summed E-state index contributed by atoms with van der Waals surface area (Å²) in [5, 5.41) is 20.0. The van der Waals surface area contributed by atoms with E-state index in [0.29, 0.717) is 0 Å². The van der Waals surface area contributed by atoms with Gasteiger partial charge in [-0.05, 0) is 48.2 Å². The largest absolute Gasteiger partial charge is 0.508 e. The molecule has 0 heterocycles. The predicted molar refractivity (Wildman–Crippen MR) is 78.3 cm³/mol. The van der Waals surface area contributed by atoms with Crippen LogP contribution in [0.3, 0.4) is 0 Å². The van der Waals surface area contributed by atoms with Gasteiger partial charge < -0.3 is 10.2 Å². The van der Waals surface area contributed by atoms with E-state index in [1.165, 1.54) is 0 Å². The second-order valence-corrected chi connectivity index (χ2v) is 6.10. The molecule has 98 valence electrons. The van der Waals surface area contributed by atoms with E-state index in [1.54, 1.807) is 12.1 Å². The van der Waals surface area contributed by atoms with Gasteiger partial charge in [-0.2, -0.15) is 0 Å². The second-order valence-electron chi connectivity index (χ2n) is 5.18. The Balaban J connectivity index is 2.03. The molecule has 3 rings (SSSR count). The average molecular weight is 319 g/mol. The minimum Gasteiger partial charge on any atom is -0.508 e. The summed E-state index contributed by atoms with van der Waals surface area (Å²) in [6.07, 6.45) is 1.66. The van der Waals surface area contributed by atoms with Gasteiger partial charge in [-0.25, -0.2) is 0 Å². The van der Waals surface area contributed by atoms with E-state index in [4.69, 9.17) is 0 Å². The van der Waals surface area contributed by atoms with Crippen LogP contribution in [0.4, 0.5) is 0 Å². The maximum atomic E-state index is 10.6. The lowest BCUT2D eigenvalue weighted by molar-refractivity contribution is 0.131. The predicted octanol–water partition coefficient (Wildman–Crippen LogP) is 3.81. The van der Waals surface area contributed by atoms with Crippen molar-refractivity contribution >= 4 is 15.9 Å². The number of hydrogen-bond acceptors (Lipinski definition) is 2. The molecule has 3 heteroatoms. The highest BCUT2D eigenvalue weighted by Gasteiger charge is 2.48. The molecule has 2 aromatic carbocycles. The Kier molecular flexibility index (Phi) is 3.11. The zero-order valence-electron chi connectivity index (χ0n) is 10.4. The van der Waals surface area contributed by atoms with Crippen LogP contribution in [-0.2, 0) is 0 Å². The van der Waals surface area contributed by atoms with Gasteiger partial charge in [-0.3, -0.25) is 0 Å². The van der Waals surface area contributed by atoms with Crippen molar-refractivity contribution in [3.05, 3.63) is 64.1 Å². The van der Waals surface area contributed by atoms with Gasteiger partial charge in [0.2, 0.25) is 0 Å². The van der Waals surface area contributed by atoms with E-state index >= 15 is 0 Å². The van der Waals surface area contributed by atoms with Crippen LogP contribution in [0.25, 0.3) is 0 Å². The number of aliphatic hydroxyl groups is 1. The summed E-state index contributed by atoms with van der Waals surface area (Å²) >= 11 is 3.43. The van der Waals surface area contributed by atoms with Crippen LogP contribution in [0.15, 0.2) is 53.0 Å². The zero-order valence-corrected chi connectivity index (χ0v) is 12.0. The number of benzene rings is 2. The molecule has 2 N–H and O–H groups in total. The number of phenols is 1. The van der Waals surface area contributed by atoms with Gasteiger partial charge in [0, 0.05) is 10.4 Å². The van der Waals surface area contributed by atoms with Gasteiger partial charge in [0.05, 0.1) is 5.60 Å². The summed E-state index contributed by atoms with van der Waals surface area (Å²) in [5.41, 5.74) is 1.51. The fourth-order valence-corrected chi connectivity index (χ4v) is 2.82. The molecular weight excluding hydrogens is 304 g/mol. The fraction of sp³-hybridized carbons (Fsp3) is 0.250. The number of hydrogen-bond donors (Lipinski definition) is 2. The highest BCUT2D eigenvalue weighted by molar-refractivity contribution is 9.10. The third-order valence-electron chi connectivity index (χ3n) is 3.73. The van der Waals surface area contributed by atoms with Crippen LogP contribution >= 0.6 is 15.9 Å². The molecule has 19 heavy (non-hydrogen) atoms. The Morgan fingerprint density at radius 1 is 0.895 bits per heavy atom. The van der Waals surface area contributed by atoms with Crippen molar-refractivity contribution in [1.29, 1.82) is 0 Å². The molecule has 0 saturated heterocycles. The van der Waals surface area contributed by atoms with E-state index in [9.17, 15) is 10.2 Å². The molecule has 0 aliphatic heterocycles. The van der Waals surface area contributed by atoms with Gasteiger partial charge >= 0.3 is 0 Å². The minimum atomic E-state index is -0.634. The highest BCUT2D eigenvalue weighted by atomic mass is 79.9. The first-order valence-electron chi connectivity index (χ1n) is 6.35. The summed E-state index contributed by atoms with van der Waals surface area (Å²) in [4.78, 5) is 0. The molecule has 1 aliphatic carbocycles. The third kappa shape index (κ3) is 2.53. The van der Waals surface area contributed by atoms with Crippen molar-refractivity contribution in [3.63, 3.8) is 0 Å². The second kappa shape index (κ2) is 4.66. The van der Waals surface area contributed by atoms with Crippen LogP contribution in [-0.4, -0.2) is 15.8 Å². The first-order valence-corrected chi connectivity index (χ1v) is 7.15. The number of halogens is 1. The zero-order chi connectivity index (χ0) is 13.5. The van der Waals surface area contributed by atoms with Crippen molar-refractivity contribution in [2.45, 2.75) is 24.4 Å². The molecule has 2 nitrogen and oxygen atoms in total. The quantitative estimate of drug-likeness (QED) is 0.903. The summed E-state index contributed by atoms with van der Waals surface area (Å²) < 4.78 is 1.03. The van der Waals surface area contributed by atoms with Crippen molar-refractivity contribution in [2.24, 2.45) is 0 Å². The molecule has 1 fully saturated rings. The maximum Gasteiger partial charge on any atom is 0.115 e. The monoisotopic (exact) mass is 318 g/mol. The van der Waals surface area contributed by atoms with Gasteiger partial charge in [-0.15, -0.1) is 0 Å². The number of rotatable bonds is 3. The van der Waals surface area contributed by atoms with Gasteiger partial charge in [0.25, 0.3) is 0 Å². The molecule has 0 bridgehead atoms. The molecular formula is C16H15BrO2. The molecule has 0 amide bonds. The lowest BCUT2D eigenvalue weighted by Crippen LogP contribution is -2.21. The fourth-order valence-electron chi connectivity index (χ4n) is 2.55. The van der Waals surface area contributed by atoms with Crippen molar-refractivity contribution in [1.82, 2.24) is 0 Å². The van der Waals surface area contributed by atoms with Crippen LogP contribution in [0.2, 0.25) is 0 Å². The molecule has 2 aromatic rings. The van der Waals surface area contributed by atoms with Crippen LogP contribution < -0.4 is 0 Å². The van der Waals surface area contributed by atoms with Crippen LogP contribution in [0.1, 0.15) is 29.9 Å². The maximum absolute atomic E-state index is 10.6. The molecule has 0 aromatic heterocycles. The Morgan fingerprint density at radius 2 is 1.37 bits per heavy atom. The molecule has 1 unspecified atom stereocenters. The normalized spacial score (nSPS) is 18.0. The standard InChI is InChI=1S/C16H15BrO2/c17-13-5-1-11(2-6-13)15(16(19)9-10-16)12-3-7-14(18)8-4-12/h1-8,15,18-19H,9-10H2. The molecule has 0 radical (unpaired) electrons. The van der Waals surface area contributed by atoms with Crippen LogP contribution in [0.5, 0.6) is 5.75 Å². The summed E-state index contributed by atoms with van der Waals surface area (Å²) in [5.74, 6) is 0.224. The smallest absolute Gasteiger partial charge is 0.115 e. The topological polar surface area (TPSA) is 40.5 Å². The van der Waals surface area contributed by atoms with Gasteiger partial charge in [0.15, 0.2) is 0 Å². The Labute approximate surface area is 120 Å². The lowest BCUT2D eigenvalue weighted by Gasteiger charge is -2.23. The highest BCUT2D eigenvalue weighted by Crippen LogP contribution is 2.50. The summed E-state index contributed by atoms with van der Waals surface area (Å²) in [6.45, 7) is 0. The van der Waals surface area contributed by atoms with E-state index in [0.717, 1.165) is 28.4 Å².